The first-order valence-corrected chi connectivity index (χ1v) is 4.85. The van der Waals surface area contributed by atoms with Gasteiger partial charge in [0.05, 0.1) is 6.10 Å². The molecule has 0 spiro atoms. The van der Waals surface area contributed by atoms with Crippen molar-refractivity contribution in [2.45, 2.75) is 52.2 Å². The van der Waals surface area contributed by atoms with Gasteiger partial charge >= 0.3 is 0 Å². The first kappa shape index (κ1) is 10.0. The largest absolute Gasteiger partial charge is 0.392 e. The van der Waals surface area contributed by atoms with Gasteiger partial charge in [-0.25, -0.2) is 0 Å². The van der Waals surface area contributed by atoms with Gasteiger partial charge in [-0.15, -0.1) is 0 Å². The van der Waals surface area contributed by atoms with Crippen molar-refractivity contribution in [3.63, 3.8) is 0 Å². The van der Waals surface area contributed by atoms with Crippen LogP contribution in [0.15, 0.2) is 0 Å². The minimum absolute atomic E-state index is 0.00275. The molecule has 72 valence electrons. The van der Waals surface area contributed by atoms with Gasteiger partial charge < -0.3 is 10.8 Å². The molecule has 1 saturated carbocycles. The molecule has 0 aromatic heterocycles. The van der Waals surface area contributed by atoms with Crippen LogP contribution in [-0.2, 0) is 0 Å². The summed E-state index contributed by atoms with van der Waals surface area (Å²) in [6.07, 6.45) is 2.72. The van der Waals surface area contributed by atoms with Crippen LogP contribution in [0, 0.1) is 11.3 Å². The second kappa shape index (κ2) is 3.35. The minimum atomic E-state index is -0.261. The third kappa shape index (κ3) is 2.20. The molecule has 0 amide bonds. The van der Waals surface area contributed by atoms with Gasteiger partial charge in [0.15, 0.2) is 0 Å². The number of aliphatic hydroxyl groups is 1. The standard InChI is InChI=1S/C10H21NO/c1-10(2,3)7-4-5-9(12)8(11)6-7/h7-9,12H,4-6,11H2,1-3H3. The molecule has 2 heteroatoms. The summed E-state index contributed by atoms with van der Waals surface area (Å²) in [6.45, 7) is 6.76. The maximum atomic E-state index is 9.44. The second-order valence-electron chi connectivity index (χ2n) is 5.11. The van der Waals surface area contributed by atoms with E-state index in [4.69, 9.17) is 5.73 Å². The van der Waals surface area contributed by atoms with Gasteiger partial charge in [0.2, 0.25) is 0 Å². The maximum Gasteiger partial charge on any atom is 0.0691 e. The Balaban J connectivity index is 2.51. The number of hydrogen-bond acceptors (Lipinski definition) is 2. The normalized spacial score (nSPS) is 38.2. The maximum absolute atomic E-state index is 9.44. The Morgan fingerprint density at radius 3 is 2.25 bits per heavy atom. The van der Waals surface area contributed by atoms with E-state index < -0.39 is 0 Å². The second-order valence-corrected chi connectivity index (χ2v) is 5.11. The average Bonchev–Trinajstić information content (AvgIpc) is 1.92. The van der Waals surface area contributed by atoms with Gasteiger partial charge in [0.25, 0.3) is 0 Å². The van der Waals surface area contributed by atoms with Crippen LogP contribution in [0.1, 0.15) is 40.0 Å². The van der Waals surface area contributed by atoms with E-state index in [9.17, 15) is 5.11 Å². The summed E-state index contributed by atoms with van der Waals surface area (Å²) >= 11 is 0. The molecule has 2 nitrogen and oxygen atoms in total. The van der Waals surface area contributed by atoms with Crippen molar-refractivity contribution in [1.82, 2.24) is 0 Å². The van der Waals surface area contributed by atoms with Crippen molar-refractivity contribution in [2.24, 2.45) is 17.1 Å². The zero-order valence-corrected chi connectivity index (χ0v) is 8.38. The highest BCUT2D eigenvalue weighted by Crippen LogP contribution is 2.37. The van der Waals surface area contributed by atoms with Crippen molar-refractivity contribution >= 4 is 0 Å². The van der Waals surface area contributed by atoms with E-state index in [0.717, 1.165) is 19.3 Å². The molecule has 0 aromatic carbocycles. The smallest absolute Gasteiger partial charge is 0.0691 e. The molecule has 12 heavy (non-hydrogen) atoms. The highest BCUT2D eigenvalue weighted by atomic mass is 16.3. The van der Waals surface area contributed by atoms with Gasteiger partial charge in [0, 0.05) is 6.04 Å². The molecule has 0 aromatic rings. The monoisotopic (exact) mass is 171 g/mol. The summed E-state index contributed by atoms with van der Waals surface area (Å²) in [4.78, 5) is 0. The molecular weight excluding hydrogens is 150 g/mol. The Labute approximate surface area is 75.2 Å². The summed E-state index contributed by atoms with van der Waals surface area (Å²) in [5.74, 6) is 0.677. The Morgan fingerprint density at radius 1 is 1.25 bits per heavy atom. The molecule has 1 rings (SSSR count). The van der Waals surface area contributed by atoms with E-state index in [1.54, 1.807) is 0 Å². The van der Waals surface area contributed by atoms with Crippen molar-refractivity contribution in [1.29, 1.82) is 0 Å². The lowest BCUT2D eigenvalue weighted by atomic mass is 9.70. The number of rotatable bonds is 0. The van der Waals surface area contributed by atoms with Crippen molar-refractivity contribution in [3.05, 3.63) is 0 Å². The Kier molecular flexibility index (Phi) is 2.79. The van der Waals surface area contributed by atoms with Gasteiger partial charge in [-0.05, 0) is 30.6 Å². The molecule has 0 saturated heterocycles. The predicted octanol–water partition coefficient (Wildman–Crippen LogP) is 1.52. The Hall–Kier alpha value is -0.0800. The van der Waals surface area contributed by atoms with Crippen LogP contribution in [0.5, 0.6) is 0 Å². The van der Waals surface area contributed by atoms with E-state index >= 15 is 0 Å². The fourth-order valence-electron chi connectivity index (χ4n) is 1.98. The first-order valence-electron chi connectivity index (χ1n) is 4.85. The highest BCUT2D eigenvalue weighted by molar-refractivity contribution is 4.87. The zero-order chi connectivity index (χ0) is 9.35. The van der Waals surface area contributed by atoms with E-state index in [2.05, 4.69) is 20.8 Å². The Morgan fingerprint density at radius 2 is 1.83 bits per heavy atom. The average molecular weight is 171 g/mol. The first-order chi connectivity index (χ1) is 5.41. The van der Waals surface area contributed by atoms with Crippen LogP contribution in [-0.4, -0.2) is 17.3 Å². The summed E-state index contributed by atoms with van der Waals surface area (Å²) < 4.78 is 0. The third-order valence-corrected chi connectivity index (χ3v) is 3.09. The topological polar surface area (TPSA) is 46.2 Å². The number of nitrogens with two attached hydrogens (primary N) is 1. The van der Waals surface area contributed by atoms with Crippen LogP contribution in [0.2, 0.25) is 0 Å². The number of hydrogen-bond donors (Lipinski definition) is 2. The van der Waals surface area contributed by atoms with Crippen LogP contribution in [0.4, 0.5) is 0 Å². The lowest BCUT2D eigenvalue weighted by molar-refractivity contribution is 0.0538. The molecule has 0 radical (unpaired) electrons. The van der Waals surface area contributed by atoms with Gasteiger partial charge in [-0.3, -0.25) is 0 Å². The molecule has 0 bridgehead atoms. The summed E-state index contributed by atoms with van der Waals surface area (Å²) in [5.41, 5.74) is 6.16. The molecule has 3 N–H and O–H groups in total. The van der Waals surface area contributed by atoms with Crippen LogP contribution < -0.4 is 5.73 Å². The van der Waals surface area contributed by atoms with E-state index in [-0.39, 0.29) is 12.1 Å². The van der Waals surface area contributed by atoms with Gasteiger partial charge in [-0.1, -0.05) is 20.8 Å². The zero-order valence-electron chi connectivity index (χ0n) is 8.38. The fourth-order valence-corrected chi connectivity index (χ4v) is 1.98. The molecule has 1 aliphatic carbocycles. The third-order valence-electron chi connectivity index (χ3n) is 3.09. The van der Waals surface area contributed by atoms with Crippen molar-refractivity contribution < 1.29 is 5.11 Å². The molecule has 0 heterocycles. The lowest BCUT2D eigenvalue weighted by Crippen LogP contribution is -2.43. The molecule has 1 aliphatic rings. The van der Waals surface area contributed by atoms with Crippen LogP contribution in [0.25, 0.3) is 0 Å². The number of aliphatic hydroxyl groups excluding tert-OH is 1. The molecular formula is C10H21NO. The highest BCUT2D eigenvalue weighted by Gasteiger charge is 2.33. The van der Waals surface area contributed by atoms with E-state index in [1.165, 1.54) is 0 Å². The minimum Gasteiger partial charge on any atom is -0.392 e. The molecule has 0 aliphatic heterocycles. The van der Waals surface area contributed by atoms with Crippen LogP contribution >= 0.6 is 0 Å². The molecule has 3 atom stereocenters. The predicted molar refractivity (Wildman–Crippen MR) is 50.8 cm³/mol. The lowest BCUT2D eigenvalue weighted by Gasteiger charge is -2.38. The van der Waals surface area contributed by atoms with Gasteiger partial charge in [-0.2, -0.15) is 0 Å². The fraction of sp³-hybridized carbons (Fsp3) is 1.00. The van der Waals surface area contributed by atoms with E-state index in [1.807, 2.05) is 0 Å². The summed E-state index contributed by atoms with van der Waals surface area (Å²) in [5, 5.41) is 9.44. The van der Waals surface area contributed by atoms with Crippen molar-refractivity contribution in [2.75, 3.05) is 0 Å². The Bertz CT molecular complexity index is 150. The summed E-state index contributed by atoms with van der Waals surface area (Å²) in [6, 6.07) is 0.00275. The van der Waals surface area contributed by atoms with E-state index in [0.29, 0.717) is 11.3 Å². The van der Waals surface area contributed by atoms with Crippen molar-refractivity contribution in [3.8, 4) is 0 Å². The van der Waals surface area contributed by atoms with Crippen LogP contribution in [0.3, 0.4) is 0 Å². The van der Waals surface area contributed by atoms with Gasteiger partial charge in [0.1, 0.15) is 0 Å². The molecule has 3 unspecified atom stereocenters. The molecule has 1 fully saturated rings. The summed E-state index contributed by atoms with van der Waals surface area (Å²) in [7, 11) is 0. The quantitative estimate of drug-likeness (QED) is 0.580. The SMILES string of the molecule is CC(C)(C)C1CCC(O)C(N)C1.